The van der Waals surface area contributed by atoms with Crippen LogP contribution in [0.1, 0.15) is 43.8 Å². The highest BCUT2D eigenvalue weighted by Crippen LogP contribution is 2.23. The minimum Gasteiger partial charge on any atom is -0.387 e. The maximum Gasteiger partial charge on any atom is 0.309 e. The van der Waals surface area contributed by atoms with E-state index in [1.165, 1.54) is 18.4 Å². The van der Waals surface area contributed by atoms with Gasteiger partial charge in [0.05, 0.1) is 6.10 Å². The van der Waals surface area contributed by atoms with Crippen molar-refractivity contribution in [2.75, 3.05) is 13.1 Å². The molecule has 0 spiro atoms. The Kier molecular flexibility index (Phi) is 6.60. The second kappa shape index (κ2) is 9.33. The van der Waals surface area contributed by atoms with Crippen LogP contribution in [0.3, 0.4) is 0 Å². The van der Waals surface area contributed by atoms with Gasteiger partial charge in [0.1, 0.15) is 0 Å². The molecule has 3 N–H and O–H groups in total. The molecule has 2 aromatic rings. The van der Waals surface area contributed by atoms with Gasteiger partial charge in [-0.3, -0.25) is 9.59 Å². The molecule has 1 aliphatic carbocycles. The maximum atomic E-state index is 12.0. The Morgan fingerprint density at radius 2 is 1.78 bits per heavy atom. The van der Waals surface area contributed by atoms with Gasteiger partial charge in [-0.25, -0.2) is 0 Å². The lowest BCUT2D eigenvalue weighted by atomic mass is 9.97. The fourth-order valence-corrected chi connectivity index (χ4v) is 3.47. The quantitative estimate of drug-likeness (QED) is 0.543. The third-order valence-electron chi connectivity index (χ3n) is 4.96. The number of fused-ring (bicyclic) bond motifs is 1. The molecule has 0 heterocycles. The van der Waals surface area contributed by atoms with Crippen LogP contribution in [0.4, 0.5) is 0 Å². The molecule has 0 fully saturated rings. The molecule has 0 bridgehead atoms. The summed E-state index contributed by atoms with van der Waals surface area (Å²) in [6.45, 7) is 0.454. The van der Waals surface area contributed by atoms with Gasteiger partial charge in [0.15, 0.2) is 0 Å². The van der Waals surface area contributed by atoms with E-state index >= 15 is 0 Å². The van der Waals surface area contributed by atoms with Gasteiger partial charge in [0, 0.05) is 13.1 Å². The molecule has 0 aliphatic heterocycles. The lowest BCUT2D eigenvalue weighted by Gasteiger charge is -2.15. The molecule has 2 aromatic carbocycles. The number of aliphatic hydroxyl groups excluding tert-OH is 1. The van der Waals surface area contributed by atoms with Gasteiger partial charge in [0.25, 0.3) is 0 Å². The van der Waals surface area contributed by atoms with Crippen molar-refractivity contribution in [2.24, 2.45) is 0 Å². The van der Waals surface area contributed by atoms with Crippen LogP contribution in [0, 0.1) is 0 Å². The van der Waals surface area contributed by atoms with Crippen LogP contribution in [-0.4, -0.2) is 30.0 Å². The third-order valence-corrected chi connectivity index (χ3v) is 4.96. The summed E-state index contributed by atoms with van der Waals surface area (Å²) in [6, 6.07) is 13.4. The molecule has 0 saturated carbocycles. The van der Waals surface area contributed by atoms with E-state index in [1.807, 2.05) is 42.5 Å². The number of carbonyl (C=O) groups is 2. The molecular weight excluding hydrogens is 340 g/mol. The molecule has 5 nitrogen and oxygen atoms in total. The summed E-state index contributed by atoms with van der Waals surface area (Å²) in [5.41, 5.74) is 2.09. The number of benzene rings is 2. The maximum absolute atomic E-state index is 12.0. The first-order valence-corrected chi connectivity index (χ1v) is 9.55. The summed E-state index contributed by atoms with van der Waals surface area (Å²) in [7, 11) is 0. The van der Waals surface area contributed by atoms with Crippen LogP contribution >= 0.6 is 0 Å². The molecule has 5 heteroatoms. The Bertz CT molecular complexity index is 839. The lowest BCUT2D eigenvalue weighted by molar-refractivity contribution is -0.139. The van der Waals surface area contributed by atoms with Gasteiger partial charge in [-0.2, -0.15) is 0 Å². The fraction of sp³-hybridized carbons (Fsp3) is 0.364. The number of allylic oxidation sites excluding steroid dienone is 1. The normalized spacial score (nSPS) is 15.1. The molecule has 142 valence electrons. The molecule has 3 rings (SSSR count). The second-order valence-electron chi connectivity index (χ2n) is 6.91. The standard InChI is InChI=1S/C22H26N2O3/c25-20(19-12-6-10-17-9-4-5-11-18(17)19)15-24-22(27)21(26)23-14-13-16-7-2-1-3-8-16/h4-7,9-12,20,25H,1-3,8,13-15H2,(H,23,26)(H,24,27)/t20-/m1/s1. The van der Waals surface area contributed by atoms with E-state index in [9.17, 15) is 14.7 Å². The fourth-order valence-electron chi connectivity index (χ4n) is 3.47. The van der Waals surface area contributed by atoms with Gasteiger partial charge in [0.2, 0.25) is 0 Å². The molecule has 27 heavy (non-hydrogen) atoms. The van der Waals surface area contributed by atoms with Crippen molar-refractivity contribution in [1.29, 1.82) is 0 Å². The van der Waals surface area contributed by atoms with Crippen LogP contribution in [0.5, 0.6) is 0 Å². The summed E-state index contributed by atoms with van der Waals surface area (Å²) in [5.74, 6) is -1.37. The topological polar surface area (TPSA) is 78.4 Å². The van der Waals surface area contributed by atoms with E-state index in [1.54, 1.807) is 0 Å². The summed E-state index contributed by atoms with van der Waals surface area (Å²) < 4.78 is 0. The first-order valence-electron chi connectivity index (χ1n) is 9.55. The van der Waals surface area contributed by atoms with E-state index in [2.05, 4.69) is 16.7 Å². The first kappa shape index (κ1) is 19.1. The Morgan fingerprint density at radius 1 is 1.00 bits per heavy atom. The van der Waals surface area contributed by atoms with Crippen LogP contribution in [0.25, 0.3) is 10.8 Å². The van der Waals surface area contributed by atoms with Crippen molar-refractivity contribution in [1.82, 2.24) is 10.6 Å². The van der Waals surface area contributed by atoms with Crippen molar-refractivity contribution >= 4 is 22.6 Å². The predicted octanol–water partition coefficient (Wildman–Crippen LogP) is 3.00. The zero-order valence-corrected chi connectivity index (χ0v) is 15.4. The van der Waals surface area contributed by atoms with E-state index in [0.29, 0.717) is 6.54 Å². The van der Waals surface area contributed by atoms with E-state index < -0.39 is 17.9 Å². The zero-order valence-electron chi connectivity index (χ0n) is 15.4. The number of hydrogen-bond donors (Lipinski definition) is 3. The minimum atomic E-state index is -0.875. The Hall–Kier alpha value is -2.66. The lowest BCUT2D eigenvalue weighted by Crippen LogP contribution is -2.41. The van der Waals surface area contributed by atoms with Crippen LogP contribution < -0.4 is 10.6 Å². The Morgan fingerprint density at radius 3 is 2.59 bits per heavy atom. The monoisotopic (exact) mass is 366 g/mol. The van der Waals surface area contributed by atoms with Gasteiger partial charge >= 0.3 is 11.8 Å². The molecular formula is C22H26N2O3. The summed E-state index contributed by atoms with van der Waals surface area (Å²) in [6.07, 6.45) is 6.77. The highest BCUT2D eigenvalue weighted by molar-refractivity contribution is 6.35. The number of nitrogens with one attached hydrogen (secondary N) is 2. The number of amides is 2. The third kappa shape index (κ3) is 5.17. The Labute approximate surface area is 159 Å². The second-order valence-corrected chi connectivity index (χ2v) is 6.91. The molecule has 0 unspecified atom stereocenters. The highest BCUT2D eigenvalue weighted by atomic mass is 16.3. The van der Waals surface area contributed by atoms with Gasteiger partial charge < -0.3 is 15.7 Å². The molecule has 1 aliphatic rings. The van der Waals surface area contributed by atoms with Crippen molar-refractivity contribution in [3.05, 3.63) is 59.7 Å². The van der Waals surface area contributed by atoms with Crippen LogP contribution in [0.15, 0.2) is 54.1 Å². The molecule has 0 saturated heterocycles. The molecule has 0 aromatic heterocycles. The smallest absolute Gasteiger partial charge is 0.309 e. The summed E-state index contributed by atoms with van der Waals surface area (Å²) in [5, 5.41) is 17.6. The van der Waals surface area contributed by atoms with E-state index in [4.69, 9.17) is 0 Å². The number of aliphatic hydroxyl groups is 1. The minimum absolute atomic E-state index is 0.00852. The molecule has 2 amide bonds. The van der Waals surface area contributed by atoms with Crippen LogP contribution in [-0.2, 0) is 9.59 Å². The number of carbonyl (C=O) groups excluding carboxylic acids is 2. The summed E-state index contributed by atoms with van der Waals surface area (Å²) >= 11 is 0. The Balaban J connectivity index is 1.47. The van der Waals surface area contributed by atoms with E-state index in [0.717, 1.165) is 35.6 Å². The van der Waals surface area contributed by atoms with Crippen molar-refractivity contribution in [2.45, 2.75) is 38.2 Å². The van der Waals surface area contributed by atoms with Crippen molar-refractivity contribution < 1.29 is 14.7 Å². The SMILES string of the molecule is O=C(NCCC1=CCCCC1)C(=O)NC[C@@H](O)c1cccc2ccccc12. The number of rotatable bonds is 6. The van der Waals surface area contributed by atoms with Gasteiger partial charge in [-0.15, -0.1) is 0 Å². The van der Waals surface area contributed by atoms with E-state index in [-0.39, 0.29) is 6.54 Å². The average Bonchev–Trinajstić information content (AvgIpc) is 2.72. The molecule has 0 radical (unpaired) electrons. The van der Waals surface area contributed by atoms with Gasteiger partial charge in [-0.1, -0.05) is 54.1 Å². The van der Waals surface area contributed by atoms with Gasteiger partial charge in [-0.05, 0) is 48.4 Å². The summed E-state index contributed by atoms with van der Waals surface area (Å²) in [4.78, 5) is 23.9. The zero-order chi connectivity index (χ0) is 19.1. The van der Waals surface area contributed by atoms with Crippen molar-refractivity contribution in [3.63, 3.8) is 0 Å². The van der Waals surface area contributed by atoms with Crippen LogP contribution in [0.2, 0.25) is 0 Å². The van der Waals surface area contributed by atoms with Crippen molar-refractivity contribution in [3.8, 4) is 0 Å². The first-order chi connectivity index (χ1) is 13.1. The predicted molar refractivity (Wildman–Crippen MR) is 106 cm³/mol. The largest absolute Gasteiger partial charge is 0.387 e. The molecule has 1 atom stereocenters. The highest BCUT2D eigenvalue weighted by Gasteiger charge is 2.17. The number of hydrogen-bond acceptors (Lipinski definition) is 3. The average molecular weight is 366 g/mol.